The minimum atomic E-state index is 0.316. The first-order chi connectivity index (χ1) is 10.6. The molecule has 1 fully saturated rings. The molecule has 0 spiro atoms. The lowest BCUT2D eigenvalue weighted by atomic mass is 9.94. The van der Waals surface area contributed by atoms with Crippen LogP contribution in [0.15, 0.2) is 46.9 Å². The zero-order valence-corrected chi connectivity index (χ0v) is 14.9. The van der Waals surface area contributed by atoms with E-state index in [-0.39, 0.29) is 0 Å². The predicted molar refractivity (Wildman–Crippen MR) is 96.3 cm³/mol. The van der Waals surface area contributed by atoms with E-state index in [1.165, 1.54) is 26.7 Å². The molecule has 1 aliphatic heterocycles. The van der Waals surface area contributed by atoms with Gasteiger partial charge in [-0.3, -0.25) is 4.90 Å². The Kier molecular flexibility index (Phi) is 4.97. The van der Waals surface area contributed by atoms with Crippen molar-refractivity contribution in [1.82, 2.24) is 10.2 Å². The Morgan fingerprint density at radius 1 is 1.00 bits per heavy atom. The van der Waals surface area contributed by atoms with Crippen LogP contribution in [-0.2, 0) is 0 Å². The molecule has 2 nitrogen and oxygen atoms in total. The highest BCUT2D eigenvalue weighted by Gasteiger charge is 2.25. The van der Waals surface area contributed by atoms with Crippen LogP contribution in [0.25, 0.3) is 0 Å². The molecule has 2 aromatic rings. The Bertz CT molecular complexity index is 627. The van der Waals surface area contributed by atoms with Gasteiger partial charge in [0.2, 0.25) is 0 Å². The lowest BCUT2D eigenvalue weighted by molar-refractivity contribution is 0.198. The summed E-state index contributed by atoms with van der Waals surface area (Å²) in [7, 11) is 0. The van der Waals surface area contributed by atoms with Crippen LogP contribution >= 0.6 is 15.9 Å². The van der Waals surface area contributed by atoms with Gasteiger partial charge in [0.25, 0.3) is 0 Å². The quantitative estimate of drug-likeness (QED) is 0.889. The first-order valence-electron chi connectivity index (χ1n) is 7.92. The van der Waals surface area contributed by atoms with Crippen molar-refractivity contribution >= 4 is 15.9 Å². The fraction of sp³-hybridized carbons (Fsp3) is 0.368. The van der Waals surface area contributed by atoms with Crippen molar-refractivity contribution in [3.63, 3.8) is 0 Å². The van der Waals surface area contributed by atoms with Gasteiger partial charge in [-0.1, -0.05) is 63.5 Å². The van der Waals surface area contributed by atoms with Crippen LogP contribution in [0.4, 0.5) is 0 Å². The van der Waals surface area contributed by atoms with E-state index in [2.05, 4.69) is 82.5 Å². The number of benzene rings is 2. The molecule has 0 aliphatic carbocycles. The van der Waals surface area contributed by atoms with Crippen molar-refractivity contribution in [2.75, 3.05) is 26.2 Å². The molecule has 116 valence electrons. The van der Waals surface area contributed by atoms with E-state index in [0.717, 1.165) is 26.2 Å². The zero-order valence-electron chi connectivity index (χ0n) is 13.3. The Morgan fingerprint density at radius 3 is 2.27 bits per heavy atom. The smallest absolute Gasteiger partial charge is 0.0614 e. The summed E-state index contributed by atoms with van der Waals surface area (Å²) in [4.78, 5) is 2.59. The number of nitrogens with one attached hydrogen (secondary N) is 1. The third kappa shape index (κ3) is 3.43. The first kappa shape index (κ1) is 15.7. The molecule has 1 heterocycles. The maximum Gasteiger partial charge on any atom is 0.0614 e. The topological polar surface area (TPSA) is 15.3 Å². The lowest BCUT2D eigenvalue weighted by Gasteiger charge is -2.36. The molecule has 1 unspecified atom stereocenters. The molecule has 1 N–H and O–H groups in total. The highest BCUT2D eigenvalue weighted by Crippen LogP contribution is 2.34. The van der Waals surface area contributed by atoms with Crippen molar-refractivity contribution in [2.45, 2.75) is 19.9 Å². The van der Waals surface area contributed by atoms with Crippen LogP contribution in [0, 0.1) is 13.8 Å². The Balaban J connectivity index is 2.07. The summed E-state index contributed by atoms with van der Waals surface area (Å²) in [5.41, 5.74) is 5.42. The maximum atomic E-state index is 3.76. The van der Waals surface area contributed by atoms with Crippen molar-refractivity contribution in [1.29, 1.82) is 0 Å². The fourth-order valence-corrected chi connectivity index (χ4v) is 3.89. The van der Waals surface area contributed by atoms with Crippen molar-refractivity contribution in [3.8, 4) is 0 Å². The van der Waals surface area contributed by atoms with Gasteiger partial charge >= 0.3 is 0 Å². The van der Waals surface area contributed by atoms with E-state index in [9.17, 15) is 0 Å². The second-order valence-corrected chi connectivity index (χ2v) is 6.99. The maximum absolute atomic E-state index is 3.76. The second-order valence-electron chi connectivity index (χ2n) is 6.13. The second kappa shape index (κ2) is 6.95. The van der Waals surface area contributed by atoms with E-state index in [0.29, 0.717) is 6.04 Å². The van der Waals surface area contributed by atoms with Gasteiger partial charge in [0.05, 0.1) is 6.04 Å². The van der Waals surface area contributed by atoms with Crippen LogP contribution < -0.4 is 5.32 Å². The zero-order chi connectivity index (χ0) is 15.5. The number of rotatable bonds is 3. The van der Waals surface area contributed by atoms with Crippen LogP contribution in [0.5, 0.6) is 0 Å². The summed E-state index contributed by atoms with van der Waals surface area (Å²) in [5, 5.41) is 3.46. The molecule has 0 amide bonds. The molecule has 0 bridgehead atoms. The summed E-state index contributed by atoms with van der Waals surface area (Å²) in [6.45, 7) is 8.66. The summed E-state index contributed by atoms with van der Waals surface area (Å²) in [6.07, 6.45) is 0. The standard InChI is InChI=1S/C19H23BrN2/c1-14-11-15(2)13-16(12-14)19(22-9-7-21-8-10-22)17-5-3-4-6-18(17)20/h3-6,11-13,19,21H,7-10H2,1-2H3. The predicted octanol–water partition coefficient (Wildman–Crippen LogP) is 4.06. The molecular weight excluding hydrogens is 336 g/mol. The van der Waals surface area contributed by atoms with E-state index in [4.69, 9.17) is 0 Å². The van der Waals surface area contributed by atoms with Gasteiger partial charge in [0, 0.05) is 30.7 Å². The third-order valence-corrected chi connectivity index (χ3v) is 5.00. The number of piperazine rings is 1. The fourth-order valence-electron chi connectivity index (χ4n) is 3.39. The van der Waals surface area contributed by atoms with E-state index in [1.807, 2.05) is 0 Å². The number of nitrogens with zero attached hydrogens (tertiary/aromatic N) is 1. The minimum Gasteiger partial charge on any atom is -0.314 e. The van der Waals surface area contributed by atoms with Gasteiger partial charge < -0.3 is 5.32 Å². The Labute approximate surface area is 141 Å². The molecular formula is C19H23BrN2. The van der Waals surface area contributed by atoms with E-state index >= 15 is 0 Å². The Hall–Kier alpha value is -1.16. The lowest BCUT2D eigenvalue weighted by Crippen LogP contribution is -2.45. The number of halogens is 1. The average molecular weight is 359 g/mol. The highest BCUT2D eigenvalue weighted by atomic mass is 79.9. The normalized spacial score (nSPS) is 17.4. The van der Waals surface area contributed by atoms with E-state index < -0.39 is 0 Å². The minimum absolute atomic E-state index is 0.316. The molecule has 3 heteroatoms. The van der Waals surface area contributed by atoms with Gasteiger partial charge in [-0.25, -0.2) is 0 Å². The van der Waals surface area contributed by atoms with Crippen LogP contribution in [0.1, 0.15) is 28.3 Å². The Morgan fingerprint density at radius 2 is 1.64 bits per heavy atom. The summed E-state index contributed by atoms with van der Waals surface area (Å²) in [5.74, 6) is 0. The number of hydrogen-bond acceptors (Lipinski definition) is 2. The molecule has 1 saturated heterocycles. The first-order valence-corrected chi connectivity index (χ1v) is 8.72. The number of hydrogen-bond donors (Lipinski definition) is 1. The van der Waals surface area contributed by atoms with Crippen molar-refractivity contribution < 1.29 is 0 Å². The SMILES string of the molecule is Cc1cc(C)cc(C(c2ccccc2Br)N2CCNCC2)c1. The van der Waals surface area contributed by atoms with Crippen LogP contribution in [-0.4, -0.2) is 31.1 Å². The molecule has 0 radical (unpaired) electrons. The van der Waals surface area contributed by atoms with Crippen molar-refractivity contribution in [2.24, 2.45) is 0 Å². The summed E-state index contributed by atoms with van der Waals surface area (Å²) >= 11 is 3.76. The molecule has 0 aromatic heterocycles. The highest BCUT2D eigenvalue weighted by molar-refractivity contribution is 9.10. The molecule has 22 heavy (non-hydrogen) atoms. The van der Waals surface area contributed by atoms with Crippen LogP contribution in [0.2, 0.25) is 0 Å². The van der Waals surface area contributed by atoms with Gasteiger partial charge in [0.15, 0.2) is 0 Å². The molecule has 2 aromatic carbocycles. The summed E-state index contributed by atoms with van der Waals surface area (Å²) < 4.78 is 1.19. The van der Waals surface area contributed by atoms with Gasteiger partial charge in [-0.15, -0.1) is 0 Å². The molecule has 3 rings (SSSR count). The van der Waals surface area contributed by atoms with Gasteiger partial charge in [-0.2, -0.15) is 0 Å². The van der Waals surface area contributed by atoms with Crippen LogP contribution in [0.3, 0.4) is 0 Å². The average Bonchev–Trinajstić information content (AvgIpc) is 2.50. The molecule has 1 atom stereocenters. The number of aryl methyl sites for hydroxylation is 2. The molecule has 1 aliphatic rings. The van der Waals surface area contributed by atoms with Gasteiger partial charge in [-0.05, 0) is 31.0 Å². The largest absolute Gasteiger partial charge is 0.314 e. The monoisotopic (exact) mass is 358 g/mol. The third-order valence-electron chi connectivity index (χ3n) is 4.28. The molecule has 0 saturated carbocycles. The summed E-state index contributed by atoms with van der Waals surface area (Å²) in [6, 6.07) is 15.8. The van der Waals surface area contributed by atoms with E-state index in [1.54, 1.807) is 0 Å². The van der Waals surface area contributed by atoms with Gasteiger partial charge in [0.1, 0.15) is 0 Å². The van der Waals surface area contributed by atoms with Crippen molar-refractivity contribution in [3.05, 3.63) is 69.2 Å².